The first-order chi connectivity index (χ1) is 13.5. The third kappa shape index (κ3) is 4.74. The van der Waals surface area contributed by atoms with Crippen LogP contribution in [0.2, 0.25) is 0 Å². The van der Waals surface area contributed by atoms with E-state index >= 15 is 0 Å². The molecule has 1 aliphatic heterocycles. The first kappa shape index (κ1) is 20.4. The molecule has 150 valence electrons. The fourth-order valence-corrected chi connectivity index (χ4v) is 3.88. The topological polar surface area (TPSA) is 35.6 Å². The van der Waals surface area contributed by atoms with Gasteiger partial charge in [-0.1, -0.05) is 44.2 Å². The Labute approximate surface area is 169 Å². The van der Waals surface area contributed by atoms with Gasteiger partial charge in [-0.15, -0.1) is 0 Å². The minimum Gasteiger partial charge on any atom is -0.369 e. The lowest BCUT2D eigenvalue weighted by Gasteiger charge is -2.36. The van der Waals surface area contributed by atoms with Crippen LogP contribution in [0, 0.1) is 13.8 Å². The normalized spacial score (nSPS) is 16.1. The van der Waals surface area contributed by atoms with Gasteiger partial charge < -0.3 is 10.2 Å². The van der Waals surface area contributed by atoms with Crippen molar-refractivity contribution in [1.82, 2.24) is 4.90 Å². The third-order valence-electron chi connectivity index (χ3n) is 6.03. The molecule has 0 unspecified atom stereocenters. The van der Waals surface area contributed by atoms with Gasteiger partial charge in [0.2, 0.25) is 5.91 Å². The van der Waals surface area contributed by atoms with Crippen LogP contribution in [-0.4, -0.2) is 43.5 Å². The molecule has 1 saturated heterocycles. The highest BCUT2D eigenvalue weighted by Gasteiger charge is 2.21. The highest BCUT2D eigenvalue weighted by molar-refractivity contribution is 5.93. The molecule has 0 aromatic heterocycles. The van der Waals surface area contributed by atoms with Gasteiger partial charge in [0.05, 0.1) is 6.54 Å². The maximum Gasteiger partial charge on any atom is 0.238 e. The molecule has 0 bridgehead atoms. The molecule has 4 heteroatoms. The fourth-order valence-electron chi connectivity index (χ4n) is 3.88. The third-order valence-corrected chi connectivity index (χ3v) is 6.03. The minimum atomic E-state index is 0.0796. The lowest BCUT2D eigenvalue weighted by atomic mass is 9.97. The summed E-state index contributed by atoms with van der Waals surface area (Å²) in [6, 6.07) is 14.7. The molecule has 0 saturated carbocycles. The first-order valence-corrected chi connectivity index (χ1v) is 10.4. The summed E-state index contributed by atoms with van der Waals surface area (Å²) in [6.45, 7) is 12.9. The van der Waals surface area contributed by atoms with Crippen LogP contribution in [0.15, 0.2) is 42.5 Å². The van der Waals surface area contributed by atoms with Crippen molar-refractivity contribution in [2.75, 3.05) is 42.9 Å². The number of carbonyl (C=O) groups excluding carboxylic acids is 1. The van der Waals surface area contributed by atoms with Crippen LogP contribution < -0.4 is 10.2 Å². The van der Waals surface area contributed by atoms with Crippen LogP contribution in [-0.2, 0) is 4.79 Å². The number of nitrogens with zero attached hydrogens (tertiary/aromatic N) is 2. The van der Waals surface area contributed by atoms with Gasteiger partial charge >= 0.3 is 0 Å². The Hall–Kier alpha value is -2.33. The number of hydrogen-bond acceptors (Lipinski definition) is 3. The van der Waals surface area contributed by atoms with Crippen molar-refractivity contribution in [2.45, 2.75) is 40.0 Å². The molecule has 1 atom stereocenters. The molecule has 28 heavy (non-hydrogen) atoms. The monoisotopic (exact) mass is 379 g/mol. The lowest BCUT2D eigenvalue weighted by Crippen LogP contribution is -2.48. The van der Waals surface area contributed by atoms with Gasteiger partial charge in [0.15, 0.2) is 0 Å². The van der Waals surface area contributed by atoms with Crippen molar-refractivity contribution in [3.05, 3.63) is 59.2 Å². The van der Waals surface area contributed by atoms with Gasteiger partial charge in [0.25, 0.3) is 0 Å². The van der Waals surface area contributed by atoms with Crippen LogP contribution in [0.4, 0.5) is 11.4 Å². The largest absolute Gasteiger partial charge is 0.369 e. The van der Waals surface area contributed by atoms with Crippen molar-refractivity contribution < 1.29 is 4.79 Å². The van der Waals surface area contributed by atoms with E-state index in [1.54, 1.807) is 0 Å². The van der Waals surface area contributed by atoms with E-state index in [1.165, 1.54) is 22.4 Å². The number of nitrogens with one attached hydrogen (secondary N) is 1. The van der Waals surface area contributed by atoms with E-state index in [-0.39, 0.29) is 5.91 Å². The van der Waals surface area contributed by atoms with Crippen LogP contribution in [0.25, 0.3) is 0 Å². The van der Waals surface area contributed by atoms with Crippen molar-refractivity contribution in [1.29, 1.82) is 0 Å². The van der Waals surface area contributed by atoms with Gasteiger partial charge in [-0.3, -0.25) is 9.69 Å². The number of amides is 1. The smallest absolute Gasteiger partial charge is 0.238 e. The summed E-state index contributed by atoms with van der Waals surface area (Å²) in [5.74, 6) is 0.522. The Morgan fingerprint density at radius 2 is 1.75 bits per heavy atom. The van der Waals surface area contributed by atoms with Crippen molar-refractivity contribution in [3.8, 4) is 0 Å². The molecular weight excluding hydrogens is 346 g/mol. The Bertz CT molecular complexity index is 809. The number of rotatable bonds is 6. The molecule has 0 aliphatic carbocycles. The van der Waals surface area contributed by atoms with Gasteiger partial charge in [0, 0.05) is 37.6 Å². The van der Waals surface area contributed by atoms with E-state index in [0.29, 0.717) is 12.5 Å². The zero-order valence-corrected chi connectivity index (χ0v) is 17.7. The zero-order valence-electron chi connectivity index (χ0n) is 17.7. The predicted octanol–water partition coefficient (Wildman–Crippen LogP) is 4.58. The molecule has 1 amide bonds. The second kappa shape index (κ2) is 9.24. The van der Waals surface area contributed by atoms with Crippen molar-refractivity contribution in [2.24, 2.45) is 0 Å². The summed E-state index contributed by atoms with van der Waals surface area (Å²) in [6.07, 6.45) is 1.06. The van der Waals surface area contributed by atoms with Crippen LogP contribution in [0.3, 0.4) is 0 Å². The number of aryl methyl sites for hydroxylation is 1. The van der Waals surface area contributed by atoms with Crippen LogP contribution in [0.1, 0.15) is 42.9 Å². The van der Waals surface area contributed by atoms with Crippen molar-refractivity contribution >= 4 is 17.3 Å². The summed E-state index contributed by atoms with van der Waals surface area (Å²) in [5.41, 5.74) is 6.19. The summed E-state index contributed by atoms with van der Waals surface area (Å²) in [5, 5.41) is 3.14. The minimum absolute atomic E-state index is 0.0796. The summed E-state index contributed by atoms with van der Waals surface area (Å²) in [7, 11) is 0. The van der Waals surface area contributed by atoms with Crippen LogP contribution in [0.5, 0.6) is 0 Å². The SMILES string of the molecule is CC[C@H](C)c1ccccc1NC(=O)CN1CCN(c2cccc(C)c2C)CC1. The van der Waals surface area contributed by atoms with Gasteiger partial charge in [-0.25, -0.2) is 0 Å². The fraction of sp³-hybridized carbons (Fsp3) is 0.458. The molecule has 2 aromatic carbocycles. The van der Waals surface area contributed by atoms with E-state index in [0.717, 1.165) is 38.3 Å². The second-order valence-electron chi connectivity index (χ2n) is 7.93. The van der Waals surface area contributed by atoms with Gasteiger partial charge in [-0.05, 0) is 55.0 Å². The number of carbonyl (C=O) groups is 1. The molecular formula is C24H33N3O. The average Bonchev–Trinajstić information content (AvgIpc) is 2.70. The maximum atomic E-state index is 12.6. The van der Waals surface area contributed by atoms with E-state index in [9.17, 15) is 4.79 Å². The first-order valence-electron chi connectivity index (χ1n) is 10.4. The number of para-hydroxylation sites is 1. The summed E-state index contributed by atoms with van der Waals surface area (Å²) < 4.78 is 0. The summed E-state index contributed by atoms with van der Waals surface area (Å²) in [4.78, 5) is 17.3. The second-order valence-corrected chi connectivity index (χ2v) is 7.93. The number of anilines is 2. The molecule has 3 rings (SSSR count). The number of benzene rings is 2. The highest BCUT2D eigenvalue weighted by Crippen LogP contribution is 2.27. The van der Waals surface area contributed by atoms with Gasteiger partial charge in [-0.2, -0.15) is 0 Å². The maximum absolute atomic E-state index is 12.6. The number of hydrogen-bond donors (Lipinski definition) is 1. The quantitative estimate of drug-likeness (QED) is 0.798. The molecule has 0 spiro atoms. The Balaban J connectivity index is 1.55. The molecule has 1 fully saturated rings. The molecule has 2 aromatic rings. The standard InChI is InChI=1S/C24H33N3O/c1-5-18(2)21-10-6-7-11-22(21)25-24(28)17-26-13-15-27(16-14-26)23-12-8-9-19(3)20(23)4/h6-12,18H,5,13-17H2,1-4H3,(H,25,28)/t18-/m0/s1. The lowest BCUT2D eigenvalue weighted by molar-refractivity contribution is -0.117. The van der Waals surface area contributed by atoms with Crippen molar-refractivity contribution in [3.63, 3.8) is 0 Å². The molecule has 1 aliphatic rings. The Morgan fingerprint density at radius 3 is 2.46 bits per heavy atom. The van der Waals surface area contributed by atoms with E-state index in [2.05, 4.69) is 67.1 Å². The van der Waals surface area contributed by atoms with E-state index in [4.69, 9.17) is 0 Å². The molecule has 4 nitrogen and oxygen atoms in total. The Morgan fingerprint density at radius 1 is 1.04 bits per heavy atom. The molecule has 0 radical (unpaired) electrons. The Kier molecular flexibility index (Phi) is 6.74. The summed E-state index contributed by atoms with van der Waals surface area (Å²) >= 11 is 0. The average molecular weight is 380 g/mol. The van der Waals surface area contributed by atoms with E-state index < -0.39 is 0 Å². The highest BCUT2D eigenvalue weighted by atomic mass is 16.2. The predicted molar refractivity (Wildman–Crippen MR) is 118 cm³/mol. The van der Waals surface area contributed by atoms with Gasteiger partial charge in [0.1, 0.15) is 0 Å². The number of piperazine rings is 1. The molecule has 1 heterocycles. The van der Waals surface area contributed by atoms with Crippen LogP contribution >= 0.6 is 0 Å². The zero-order chi connectivity index (χ0) is 20.1. The molecule has 1 N–H and O–H groups in total. The van der Waals surface area contributed by atoms with E-state index in [1.807, 2.05) is 18.2 Å².